The Labute approximate surface area is 84.5 Å². The molecule has 0 amide bonds. The van der Waals surface area contributed by atoms with Crippen LogP contribution in [0.2, 0.25) is 0 Å². The molecule has 0 heterocycles. The van der Waals surface area contributed by atoms with E-state index in [4.69, 9.17) is 11.0 Å². The normalized spacial score (nSPS) is 9.50. The van der Waals surface area contributed by atoms with E-state index in [9.17, 15) is 0 Å². The van der Waals surface area contributed by atoms with Crippen LogP contribution in [0.1, 0.15) is 17.5 Å². The summed E-state index contributed by atoms with van der Waals surface area (Å²) in [6, 6.07) is 7.75. The number of rotatable bonds is 4. The monoisotopic (exact) mass is 189 g/mol. The average Bonchev–Trinajstić information content (AvgIpc) is 2.20. The summed E-state index contributed by atoms with van der Waals surface area (Å²) in [5.74, 6) is 0. The molecule has 0 atom stereocenters. The lowest BCUT2D eigenvalue weighted by Crippen LogP contribution is -2.09. The number of nitriles is 1. The van der Waals surface area contributed by atoms with Crippen molar-refractivity contribution in [3.05, 3.63) is 29.3 Å². The molecular formula is C11H15N3. The maximum Gasteiger partial charge on any atom is 0.0991 e. The van der Waals surface area contributed by atoms with E-state index in [-0.39, 0.29) is 0 Å². The zero-order valence-corrected chi connectivity index (χ0v) is 8.38. The number of anilines is 1. The summed E-state index contributed by atoms with van der Waals surface area (Å²) >= 11 is 0. The predicted octanol–water partition coefficient (Wildman–Crippen LogP) is 1.63. The van der Waals surface area contributed by atoms with Crippen LogP contribution >= 0.6 is 0 Å². The zero-order chi connectivity index (χ0) is 10.4. The van der Waals surface area contributed by atoms with E-state index < -0.39 is 0 Å². The first-order valence-corrected chi connectivity index (χ1v) is 4.72. The summed E-state index contributed by atoms with van der Waals surface area (Å²) in [6.07, 6.45) is 0.958. The summed E-state index contributed by atoms with van der Waals surface area (Å²) in [6.45, 7) is 3.57. The predicted molar refractivity (Wildman–Crippen MR) is 58.1 cm³/mol. The molecule has 14 heavy (non-hydrogen) atoms. The first kappa shape index (κ1) is 10.6. The molecule has 0 spiro atoms. The molecule has 0 aliphatic heterocycles. The van der Waals surface area contributed by atoms with Gasteiger partial charge < -0.3 is 11.1 Å². The minimum absolute atomic E-state index is 0.697. The van der Waals surface area contributed by atoms with Gasteiger partial charge in [0.25, 0.3) is 0 Å². The van der Waals surface area contributed by atoms with E-state index >= 15 is 0 Å². The Hall–Kier alpha value is -1.53. The molecule has 0 aliphatic rings. The van der Waals surface area contributed by atoms with Crippen molar-refractivity contribution in [3.63, 3.8) is 0 Å². The van der Waals surface area contributed by atoms with Crippen LogP contribution in [-0.4, -0.2) is 13.1 Å². The Morgan fingerprint density at radius 3 is 2.86 bits per heavy atom. The van der Waals surface area contributed by atoms with Gasteiger partial charge in [0.05, 0.1) is 11.6 Å². The number of hydrogen-bond acceptors (Lipinski definition) is 3. The van der Waals surface area contributed by atoms with Crippen LogP contribution in [0.3, 0.4) is 0 Å². The minimum atomic E-state index is 0.697. The number of nitrogens with one attached hydrogen (secondary N) is 1. The molecule has 1 aromatic carbocycles. The molecule has 3 N–H and O–H groups in total. The quantitative estimate of drug-likeness (QED) is 0.707. The van der Waals surface area contributed by atoms with Crippen LogP contribution in [0, 0.1) is 18.3 Å². The molecule has 74 valence electrons. The fourth-order valence-corrected chi connectivity index (χ4v) is 1.26. The third-order valence-corrected chi connectivity index (χ3v) is 2.05. The molecule has 0 saturated carbocycles. The highest BCUT2D eigenvalue weighted by Gasteiger charge is 1.98. The van der Waals surface area contributed by atoms with Crippen molar-refractivity contribution in [3.8, 4) is 6.07 Å². The Morgan fingerprint density at radius 2 is 2.29 bits per heavy atom. The lowest BCUT2D eigenvalue weighted by atomic mass is 10.1. The first-order chi connectivity index (χ1) is 6.77. The van der Waals surface area contributed by atoms with E-state index in [1.807, 2.05) is 25.1 Å². The highest BCUT2D eigenvalue weighted by molar-refractivity contribution is 5.53. The summed E-state index contributed by atoms with van der Waals surface area (Å²) in [5.41, 5.74) is 8.27. The minimum Gasteiger partial charge on any atom is -0.385 e. The Bertz CT molecular complexity index is 339. The van der Waals surface area contributed by atoms with Gasteiger partial charge >= 0.3 is 0 Å². The van der Waals surface area contributed by atoms with Gasteiger partial charge in [-0.05, 0) is 43.7 Å². The zero-order valence-electron chi connectivity index (χ0n) is 8.38. The van der Waals surface area contributed by atoms with Crippen molar-refractivity contribution in [1.82, 2.24) is 0 Å². The number of aryl methyl sites for hydroxylation is 1. The Kier molecular flexibility index (Phi) is 3.96. The molecule has 0 radical (unpaired) electrons. The van der Waals surface area contributed by atoms with Crippen molar-refractivity contribution in [1.29, 1.82) is 5.26 Å². The van der Waals surface area contributed by atoms with Gasteiger partial charge in [0.1, 0.15) is 0 Å². The van der Waals surface area contributed by atoms with Gasteiger partial charge in [-0.3, -0.25) is 0 Å². The van der Waals surface area contributed by atoms with Gasteiger partial charge in [-0.2, -0.15) is 5.26 Å². The molecule has 3 heteroatoms. The van der Waals surface area contributed by atoms with Gasteiger partial charge in [0.2, 0.25) is 0 Å². The first-order valence-electron chi connectivity index (χ1n) is 4.72. The summed E-state index contributed by atoms with van der Waals surface area (Å²) < 4.78 is 0. The van der Waals surface area contributed by atoms with Crippen LogP contribution in [0.5, 0.6) is 0 Å². The van der Waals surface area contributed by atoms with E-state index in [0.29, 0.717) is 12.1 Å². The second-order valence-corrected chi connectivity index (χ2v) is 3.21. The van der Waals surface area contributed by atoms with Crippen molar-refractivity contribution in [2.24, 2.45) is 5.73 Å². The van der Waals surface area contributed by atoms with Crippen LogP contribution in [0.4, 0.5) is 5.69 Å². The molecule has 1 rings (SSSR count). The standard InChI is InChI=1S/C11H15N3/c1-9-7-10(8-13)3-4-11(9)14-6-2-5-12/h3-4,7,14H,2,5-6,12H2,1H3. The molecule has 0 saturated heterocycles. The van der Waals surface area contributed by atoms with Crippen LogP contribution < -0.4 is 11.1 Å². The maximum atomic E-state index is 8.68. The molecule has 0 aliphatic carbocycles. The van der Waals surface area contributed by atoms with Crippen molar-refractivity contribution in [2.45, 2.75) is 13.3 Å². The fraction of sp³-hybridized carbons (Fsp3) is 0.364. The topological polar surface area (TPSA) is 61.8 Å². The largest absolute Gasteiger partial charge is 0.385 e. The van der Waals surface area contributed by atoms with Gasteiger partial charge in [-0.25, -0.2) is 0 Å². The number of nitrogens with zero attached hydrogens (tertiary/aromatic N) is 1. The summed E-state index contributed by atoms with van der Waals surface area (Å²) in [4.78, 5) is 0. The number of nitrogens with two attached hydrogens (primary N) is 1. The molecule has 0 aromatic heterocycles. The summed E-state index contributed by atoms with van der Waals surface area (Å²) in [5, 5.41) is 12.0. The lowest BCUT2D eigenvalue weighted by Gasteiger charge is -2.08. The molecule has 0 bridgehead atoms. The molecular weight excluding hydrogens is 174 g/mol. The second-order valence-electron chi connectivity index (χ2n) is 3.21. The van der Waals surface area contributed by atoms with E-state index in [2.05, 4.69) is 11.4 Å². The van der Waals surface area contributed by atoms with Gasteiger partial charge in [0, 0.05) is 12.2 Å². The third kappa shape index (κ3) is 2.75. The lowest BCUT2D eigenvalue weighted by molar-refractivity contribution is 0.873. The second kappa shape index (κ2) is 5.25. The maximum absolute atomic E-state index is 8.68. The Morgan fingerprint density at radius 1 is 1.50 bits per heavy atom. The molecule has 0 unspecified atom stereocenters. The SMILES string of the molecule is Cc1cc(C#N)ccc1NCCCN. The van der Waals surface area contributed by atoms with Gasteiger partial charge in [0.15, 0.2) is 0 Å². The van der Waals surface area contributed by atoms with Crippen molar-refractivity contribution >= 4 is 5.69 Å². The van der Waals surface area contributed by atoms with Gasteiger partial charge in [-0.15, -0.1) is 0 Å². The van der Waals surface area contributed by atoms with Crippen molar-refractivity contribution in [2.75, 3.05) is 18.4 Å². The highest BCUT2D eigenvalue weighted by Crippen LogP contribution is 2.15. The van der Waals surface area contributed by atoms with Crippen LogP contribution in [0.15, 0.2) is 18.2 Å². The van der Waals surface area contributed by atoms with E-state index in [1.54, 1.807) is 0 Å². The molecule has 3 nitrogen and oxygen atoms in total. The molecule has 1 aromatic rings. The van der Waals surface area contributed by atoms with Crippen LogP contribution in [0.25, 0.3) is 0 Å². The highest BCUT2D eigenvalue weighted by atomic mass is 14.9. The Balaban J connectivity index is 2.65. The van der Waals surface area contributed by atoms with E-state index in [1.165, 1.54) is 0 Å². The average molecular weight is 189 g/mol. The van der Waals surface area contributed by atoms with Crippen LogP contribution in [-0.2, 0) is 0 Å². The van der Waals surface area contributed by atoms with E-state index in [0.717, 1.165) is 24.2 Å². The van der Waals surface area contributed by atoms with Crippen molar-refractivity contribution < 1.29 is 0 Å². The number of benzene rings is 1. The summed E-state index contributed by atoms with van der Waals surface area (Å²) in [7, 11) is 0. The third-order valence-electron chi connectivity index (χ3n) is 2.05. The number of hydrogen-bond donors (Lipinski definition) is 2. The fourth-order valence-electron chi connectivity index (χ4n) is 1.26. The molecule has 0 fully saturated rings. The smallest absolute Gasteiger partial charge is 0.0991 e. The van der Waals surface area contributed by atoms with Gasteiger partial charge in [-0.1, -0.05) is 0 Å².